The molecule has 1 aromatic carbocycles. The van der Waals surface area contributed by atoms with Crippen LogP contribution in [0.3, 0.4) is 0 Å². The Hall–Kier alpha value is -2.26. The zero-order chi connectivity index (χ0) is 17.3. The van der Waals surface area contributed by atoms with Crippen molar-refractivity contribution in [3.05, 3.63) is 58.2 Å². The van der Waals surface area contributed by atoms with Crippen molar-refractivity contribution in [3.8, 4) is 9.88 Å². The number of nitrogens with one attached hydrogen (secondary N) is 1. The number of thiazole rings is 1. The summed E-state index contributed by atoms with van der Waals surface area (Å²) in [5, 5.41) is 4.84. The van der Waals surface area contributed by atoms with E-state index in [1.54, 1.807) is 0 Å². The maximum absolute atomic E-state index is 13.2. The molecule has 3 nitrogen and oxygen atoms in total. The van der Waals surface area contributed by atoms with E-state index < -0.39 is 23.5 Å². The first-order valence-corrected chi connectivity index (χ1v) is 8.22. The highest BCUT2D eigenvalue weighted by molar-refractivity contribution is 7.22. The molecule has 0 radical (unpaired) electrons. The predicted molar refractivity (Wildman–Crippen MR) is 84.8 cm³/mol. The summed E-state index contributed by atoms with van der Waals surface area (Å²) in [6, 6.07) is 6.00. The van der Waals surface area contributed by atoms with Gasteiger partial charge in [0, 0.05) is 5.69 Å². The Balaban J connectivity index is 1.80. The number of rotatable bonds is 3. The van der Waals surface area contributed by atoms with Gasteiger partial charge in [0.25, 0.3) is 5.91 Å². The lowest BCUT2D eigenvalue weighted by molar-refractivity contribution is -0.139. The normalized spacial score (nSPS) is 11.5. The van der Waals surface area contributed by atoms with E-state index in [0.29, 0.717) is 17.1 Å². The van der Waals surface area contributed by atoms with Crippen LogP contribution in [-0.2, 0) is 6.18 Å². The highest BCUT2D eigenvalue weighted by Crippen LogP contribution is 2.33. The highest BCUT2D eigenvalue weighted by Gasteiger charge is 2.34. The fourth-order valence-electron chi connectivity index (χ4n) is 1.91. The van der Waals surface area contributed by atoms with E-state index in [1.165, 1.54) is 17.5 Å². The van der Waals surface area contributed by atoms with Crippen LogP contribution in [0.1, 0.15) is 15.2 Å². The lowest BCUT2D eigenvalue weighted by Gasteiger charge is -2.10. The van der Waals surface area contributed by atoms with E-state index >= 15 is 0 Å². The van der Waals surface area contributed by atoms with Gasteiger partial charge in [-0.05, 0) is 29.6 Å². The third-order valence-electron chi connectivity index (χ3n) is 2.99. The fraction of sp³-hybridized carbons (Fsp3) is 0.0667. The summed E-state index contributed by atoms with van der Waals surface area (Å²) in [4.78, 5) is 17.4. The number of anilines is 1. The second-order valence-corrected chi connectivity index (χ2v) is 6.63. The molecule has 3 rings (SSSR count). The molecule has 2 heterocycles. The van der Waals surface area contributed by atoms with Crippen LogP contribution >= 0.6 is 22.7 Å². The monoisotopic (exact) mass is 372 g/mol. The van der Waals surface area contributed by atoms with Crippen LogP contribution in [-0.4, -0.2) is 10.9 Å². The van der Waals surface area contributed by atoms with Crippen LogP contribution in [0, 0.1) is 5.82 Å². The van der Waals surface area contributed by atoms with Crippen molar-refractivity contribution < 1.29 is 22.4 Å². The van der Waals surface area contributed by atoms with Gasteiger partial charge in [-0.15, -0.1) is 22.7 Å². The molecule has 0 unspecified atom stereocenters. The quantitative estimate of drug-likeness (QED) is 0.636. The number of aromatic nitrogens is 1. The van der Waals surface area contributed by atoms with E-state index in [9.17, 15) is 22.4 Å². The maximum atomic E-state index is 13.2. The fourth-order valence-corrected chi connectivity index (χ4v) is 3.52. The molecule has 1 N–H and O–H groups in total. The van der Waals surface area contributed by atoms with Crippen LogP contribution in [0.4, 0.5) is 23.2 Å². The number of benzene rings is 1. The SMILES string of the molecule is O=C(Nc1ccc(F)c(C(F)(F)F)c1)c1cnc(-c2cccs2)s1. The van der Waals surface area contributed by atoms with Gasteiger partial charge in [0.2, 0.25) is 0 Å². The number of alkyl halides is 3. The lowest BCUT2D eigenvalue weighted by Crippen LogP contribution is -2.13. The maximum Gasteiger partial charge on any atom is 0.419 e. The summed E-state index contributed by atoms with van der Waals surface area (Å²) in [5.74, 6) is -1.99. The van der Waals surface area contributed by atoms with Crippen LogP contribution in [0.25, 0.3) is 9.88 Å². The van der Waals surface area contributed by atoms with Gasteiger partial charge in [-0.1, -0.05) is 6.07 Å². The smallest absolute Gasteiger partial charge is 0.321 e. The van der Waals surface area contributed by atoms with Gasteiger partial charge in [0.05, 0.1) is 16.6 Å². The molecule has 0 saturated carbocycles. The Kier molecular flexibility index (Phi) is 4.37. The molecule has 0 aliphatic heterocycles. The lowest BCUT2D eigenvalue weighted by atomic mass is 10.2. The molecule has 0 atom stereocenters. The van der Waals surface area contributed by atoms with Crippen molar-refractivity contribution >= 4 is 34.3 Å². The number of thiophene rings is 1. The van der Waals surface area contributed by atoms with Crippen LogP contribution in [0.2, 0.25) is 0 Å². The van der Waals surface area contributed by atoms with Gasteiger partial charge in [-0.3, -0.25) is 4.79 Å². The third kappa shape index (κ3) is 3.46. The highest BCUT2D eigenvalue weighted by atomic mass is 32.1. The summed E-state index contributed by atoms with van der Waals surface area (Å²) < 4.78 is 51.3. The first kappa shape index (κ1) is 16.6. The molecule has 0 fully saturated rings. The molecule has 9 heteroatoms. The second-order valence-electron chi connectivity index (χ2n) is 4.65. The van der Waals surface area contributed by atoms with E-state index in [2.05, 4.69) is 10.3 Å². The Labute approximate surface area is 141 Å². The molecule has 3 aromatic rings. The molecule has 2 aromatic heterocycles. The van der Waals surface area contributed by atoms with E-state index in [1.807, 2.05) is 17.5 Å². The minimum atomic E-state index is -4.83. The first-order valence-electron chi connectivity index (χ1n) is 6.52. The average Bonchev–Trinajstić information content (AvgIpc) is 3.18. The van der Waals surface area contributed by atoms with Crippen molar-refractivity contribution in [1.29, 1.82) is 0 Å². The van der Waals surface area contributed by atoms with Gasteiger partial charge in [0.15, 0.2) is 0 Å². The summed E-state index contributed by atoms with van der Waals surface area (Å²) in [7, 11) is 0. The average molecular weight is 372 g/mol. The number of nitrogens with zero attached hydrogens (tertiary/aromatic N) is 1. The van der Waals surface area contributed by atoms with Crippen LogP contribution in [0.15, 0.2) is 41.9 Å². The van der Waals surface area contributed by atoms with Gasteiger partial charge in [0.1, 0.15) is 15.7 Å². The Morgan fingerprint density at radius 3 is 2.67 bits per heavy atom. The summed E-state index contributed by atoms with van der Waals surface area (Å²) in [6.45, 7) is 0. The number of hydrogen-bond donors (Lipinski definition) is 1. The predicted octanol–water partition coefficient (Wildman–Crippen LogP) is 5.28. The minimum Gasteiger partial charge on any atom is -0.321 e. The van der Waals surface area contributed by atoms with Crippen LogP contribution in [0.5, 0.6) is 0 Å². The number of carbonyl (C=O) groups excluding carboxylic acids is 1. The van der Waals surface area contributed by atoms with Crippen molar-refractivity contribution in [1.82, 2.24) is 4.98 Å². The van der Waals surface area contributed by atoms with Crippen molar-refractivity contribution in [2.24, 2.45) is 0 Å². The Morgan fingerprint density at radius 1 is 1.21 bits per heavy atom. The van der Waals surface area contributed by atoms with E-state index in [4.69, 9.17) is 0 Å². The number of amides is 1. The van der Waals surface area contributed by atoms with Gasteiger partial charge < -0.3 is 5.32 Å². The molecule has 1 amide bonds. The summed E-state index contributed by atoms with van der Waals surface area (Å²) in [6.07, 6.45) is -3.48. The zero-order valence-electron chi connectivity index (χ0n) is 11.7. The minimum absolute atomic E-state index is 0.139. The zero-order valence-corrected chi connectivity index (χ0v) is 13.4. The molecule has 0 bridgehead atoms. The number of halogens is 4. The van der Waals surface area contributed by atoms with Crippen molar-refractivity contribution in [3.63, 3.8) is 0 Å². The molecular formula is C15H8F4N2OS2. The molecule has 0 aliphatic rings. The molecule has 124 valence electrons. The van der Waals surface area contributed by atoms with Gasteiger partial charge in [-0.2, -0.15) is 13.2 Å². The van der Waals surface area contributed by atoms with E-state index in [0.717, 1.165) is 22.3 Å². The topological polar surface area (TPSA) is 42.0 Å². The molecular weight excluding hydrogens is 364 g/mol. The number of hydrogen-bond acceptors (Lipinski definition) is 4. The second kappa shape index (κ2) is 6.33. The van der Waals surface area contributed by atoms with Crippen molar-refractivity contribution in [2.45, 2.75) is 6.18 Å². The number of carbonyl (C=O) groups is 1. The largest absolute Gasteiger partial charge is 0.419 e. The van der Waals surface area contributed by atoms with Gasteiger partial charge in [-0.25, -0.2) is 9.37 Å². The standard InChI is InChI=1S/C15H8F4N2OS2/c16-10-4-3-8(6-9(10)15(17,18)19)21-13(22)12-7-20-14(24-12)11-2-1-5-23-11/h1-7H,(H,21,22). The van der Waals surface area contributed by atoms with Crippen molar-refractivity contribution in [2.75, 3.05) is 5.32 Å². The summed E-state index contributed by atoms with van der Waals surface area (Å²) >= 11 is 2.58. The Morgan fingerprint density at radius 2 is 2.00 bits per heavy atom. The molecule has 24 heavy (non-hydrogen) atoms. The van der Waals surface area contributed by atoms with Crippen LogP contribution < -0.4 is 5.32 Å². The summed E-state index contributed by atoms with van der Waals surface area (Å²) in [5.41, 5.74) is -1.57. The molecule has 0 spiro atoms. The third-order valence-corrected chi connectivity index (χ3v) is 5.03. The Bertz CT molecular complexity index is 872. The van der Waals surface area contributed by atoms with Gasteiger partial charge >= 0.3 is 6.18 Å². The molecule has 0 aliphatic carbocycles. The molecule has 0 saturated heterocycles. The first-order chi connectivity index (χ1) is 11.3. The van der Waals surface area contributed by atoms with E-state index in [-0.39, 0.29) is 10.6 Å².